The Kier molecular flexibility index (Phi) is 5.85. The van der Waals surface area contributed by atoms with Gasteiger partial charge in [0.25, 0.3) is 0 Å². The lowest BCUT2D eigenvalue weighted by atomic mass is 9.96. The highest BCUT2D eigenvalue weighted by Gasteiger charge is 2.20. The first kappa shape index (κ1) is 17.6. The Bertz CT molecular complexity index is 686. The van der Waals surface area contributed by atoms with E-state index in [0.717, 1.165) is 41.7 Å². The lowest BCUT2D eigenvalue weighted by Gasteiger charge is -2.27. The molecule has 0 aliphatic carbocycles. The minimum Gasteiger partial charge on any atom is -0.497 e. The summed E-state index contributed by atoms with van der Waals surface area (Å²) in [5.41, 5.74) is 1.04. The molecule has 1 fully saturated rings. The summed E-state index contributed by atoms with van der Waals surface area (Å²) in [5, 5.41) is 8.51. The summed E-state index contributed by atoms with van der Waals surface area (Å²) in [6.07, 6.45) is 0. The number of hydrogen-bond acceptors (Lipinski definition) is 3. The Morgan fingerprint density at radius 3 is 2.61 bits per heavy atom. The summed E-state index contributed by atoms with van der Waals surface area (Å²) in [7, 11) is 1.67. The van der Waals surface area contributed by atoms with Crippen LogP contribution >= 0.6 is 12.4 Å². The molecule has 1 aliphatic rings. The van der Waals surface area contributed by atoms with Crippen LogP contribution in [0.2, 0.25) is 0 Å². The molecule has 2 N–H and O–H groups in total. The molecule has 1 unspecified atom stereocenters. The number of hydrogen-bond donors (Lipinski definition) is 2. The van der Waals surface area contributed by atoms with Gasteiger partial charge in [-0.2, -0.15) is 0 Å². The van der Waals surface area contributed by atoms with Crippen LogP contribution in [0.1, 0.15) is 18.4 Å². The number of halogens is 1. The van der Waals surface area contributed by atoms with E-state index in [9.17, 15) is 4.79 Å². The SMILES string of the molecule is COc1ccc2cc(C(C)C(=O)NCC3CNC3)ccc2c1.Cl. The zero-order chi connectivity index (χ0) is 15.5. The van der Waals surface area contributed by atoms with Crippen LogP contribution in [0.4, 0.5) is 0 Å². The van der Waals surface area contributed by atoms with Gasteiger partial charge in [-0.3, -0.25) is 4.79 Å². The van der Waals surface area contributed by atoms with Crippen molar-refractivity contribution < 1.29 is 9.53 Å². The van der Waals surface area contributed by atoms with Gasteiger partial charge in [0.15, 0.2) is 0 Å². The molecule has 1 saturated heterocycles. The average Bonchev–Trinajstić information content (AvgIpc) is 2.51. The predicted molar refractivity (Wildman–Crippen MR) is 95.5 cm³/mol. The highest BCUT2D eigenvalue weighted by atomic mass is 35.5. The number of benzene rings is 2. The summed E-state index contributed by atoms with van der Waals surface area (Å²) >= 11 is 0. The maximum Gasteiger partial charge on any atom is 0.227 e. The van der Waals surface area contributed by atoms with Crippen LogP contribution in [0.5, 0.6) is 5.75 Å². The van der Waals surface area contributed by atoms with Crippen molar-refractivity contribution in [3.05, 3.63) is 42.0 Å². The van der Waals surface area contributed by atoms with Crippen LogP contribution in [-0.2, 0) is 4.79 Å². The largest absolute Gasteiger partial charge is 0.497 e. The van der Waals surface area contributed by atoms with Gasteiger partial charge in [-0.15, -0.1) is 12.4 Å². The van der Waals surface area contributed by atoms with Gasteiger partial charge in [-0.05, 0) is 35.4 Å². The van der Waals surface area contributed by atoms with Crippen molar-refractivity contribution in [3.63, 3.8) is 0 Å². The molecule has 0 saturated carbocycles. The highest BCUT2D eigenvalue weighted by Crippen LogP contribution is 2.25. The van der Waals surface area contributed by atoms with E-state index in [2.05, 4.69) is 16.7 Å². The third-order valence-electron chi connectivity index (χ3n) is 4.40. The minimum absolute atomic E-state index is 0. The van der Waals surface area contributed by atoms with Crippen LogP contribution in [0.25, 0.3) is 10.8 Å². The van der Waals surface area contributed by atoms with Gasteiger partial charge in [0.2, 0.25) is 5.91 Å². The van der Waals surface area contributed by atoms with E-state index in [1.54, 1.807) is 7.11 Å². The van der Waals surface area contributed by atoms with Crippen LogP contribution in [0.3, 0.4) is 0 Å². The van der Waals surface area contributed by atoms with Crippen LogP contribution < -0.4 is 15.4 Å². The van der Waals surface area contributed by atoms with Crippen molar-refractivity contribution in [2.75, 3.05) is 26.7 Å². The zero-order valence-corrected chi connectivity index (χ0v) is 14.3. The molecule has 0 aromatic heterocycles. The molecule has 2 aromatic rings. The van der Waals surface area contributed by atoms with E-state index in [1.807, 2.05) is 37.3 Å². The first-order valence-corrected chi connectivity index (χ1v) is 7.73. The number of amides is 1. The number of carbonyl (C=O) groups is 1. The van der Waals surface area contributed by atoms with Gasteiger partial charge in [0.05, 0.1) is 13.0 Å². The standard InChI is InChI=1S/C18H22N2O2.ClH/c1-12(18(21)20-11-13-9-19-10-13)14-3-4-16-8-17(22-2)6-5-15(16)7-14;/h3-8,12-13,19H,9-11H2,1-2H3,(H,20,21);1H. The molecule has 4 nitrogen and oxygen atoms in total. The Morgan fingerprint density at radius 2 is 1.96 bits per heavy atom. The second kappa shape index (κ2) is 7.66. The van der Waals surface area contributed by atoms with E-state index < -0.39 is 0 Å². The van der Waals surface area contributed by atoms with Crippen molar-refractivity contribution >= 4 is 29.1 Å². The fourth-order valence-corrected chi connectivity index (χ4v) is 2.68. The summed E-state index contributed by atoms with van der Waals surface area (Å²) in [5.74, 6) is 1.39. The van der Waals surface area contributed by atoms with Crippen molar-refractivity contribution in [2.24, 2.45) is 5.92 Å². The number of fused-ring (bicyclic) bond motifs is 1. The number of carbonyl (C=O) groups excluding carboxylic acids is 1. The van der Waals surface area contributed by atoms with Gasteiger partial charge in [-0.1, -0.05) is 24.3 Å². The van der Waals surface area contributed by atoms with E-state index >= 15 is 0 Å². The third kappa shape index (κ3) is 3.95. The van der Waals surface area contributed by atoms with Gasteiger partial charge < -0.3 is 15.4 Å². The van der Waals surface area contributed by atoms with Crippen LogP contribution in [0, 0.1) is 5.92 Å². The van der Waals surface area contributed by atoms with Gasteiger partial charge in [0.1, 0.15) is 5.75 Å². The molecular formula is C18H23ClN2O2. The predicted octanol–water partition coefficient (Wildman–Crippen LogP) is 2.71. The second-order valence-corrected chi connectivity index (χ2v) is 5.96. The Hall–Kier alpha value is -1.78. The first-order valence-electron chi connectivity index (χ1n) is 7.73. The van der Waals surface area contributed by atoms with E-state index in [-0.39, 0.29) is 24.2 Å². The average molecular weight is 335 g/mol. The topological polar surface area (TPSA) is 50.4 Å². The first-order chi connectivity index (χ1) is 10.7. The molecule has 1 amide bonds. The Labute approximate surface area is 143 Å². The molecule has 3 rings (SSSR count). The van der Waals surface area contributed by atoms with Crippen LogP contribution in [0.15, 0.2) is 36.4 Å². The Morgan fingerprint density at radius 1 is 1.26 bits per heavy atom. The van der Waals surface area contributed by atoms with Crippen molar-refractivity contribution in [1.29, 1.82) is 0 Å². The van der Waals surface area contributed by atoms with E-state index in [1.165, 1.54) is 0 Å². The summed E-state index contributed by atoms with van der Waals surface area (Å²) in [6, 6.07) is 12.1. The van der Waals surface area contributed by atoms with E-state index in [4.69, 9.17) is 4.74 Å². The molecule has 0 radical (unpaired) electrons. The minimum atomic E-state index is -0.139. The molecule has 5 heteroatoms. The molecular weight excluding hydrogens is 312 g/mol. The fourth-order valence-electron chi connectivity index (χ4n) is 2.68. The smallest absolute Gasteiger partial charge is 0.227 e. The van der Waals surface area contributed by atoms with Gasteiger partial charge >= 0.3 is 0 Å². The molecule has 23 heavy (non-hydrogen) atoms. The van der Waals surface area contributed by atoms with Crippen LogP contribution in [-0.4, -0.2) is 32.7 Å². The number of rotatable bonds is 5. The van der Waals surface area contributed by atoms with E-state index in [0.29, 0.717) is 5.92 Å². The summed E-state index contributed by atoms with van der Waals surface area (Å²) in [4.78, 5) is 12.3. The normalized spacial score (nSPS) is 15.4. The maximum atomic E-state index is 12.3. The van der Waals surface area contributed by atoms with Crippen molar-refractivity contribution in [2.45, 2.75) is 12.8 Å². The summed E-state index contributed by atoms with van der Waals surface area (Å²) in [6.45, 7) is 4.74. The summed E-state index contributed by atoms with van der Waals surface area (Å²) < 4.78 is 5.24. The zero-order valence-electron chi connectivity index (χ0n) is 13.5. The number of methoxy groups -OCH3 is 1. The lowest BCUT2D eigenvalue weighted by Crippen LogP contribution is -2.48. The third-order valence-corrected chi connectivity index (χ3v) is 4.40. The maximum absolute atomic E-state index is 12.3. The quantitative estimate of drug-likeness (QED) is 0.884. The number of ether oxygens (including phenoxy) is 1. The van der Waals surface area contributed by atoms with Crippen molar-refractivity contribution in [1.82, 2.24) is 10.6 Å². The van der Waals surface area contributed by atoms with Gasteiger partial charge in [0, 0.05) is 25.6 Å². The number of nitrogens with one attached hydrogen (secondary N) is 2. The molecule has 1 heterocycles. The molecule has 0 spiro atoms. The molecule has 0 bridgehead atoms. The van der Waals surface area contributed by atoms with Crippen molar-refractivity contribution in [3.8, 4) is 5.75 Å². The lowest BCUT2D eigenvalue weighted by molar-refractivity contribution is -0.122. The highest BCUT2D eigenvalue weighted by molar-refractivity contribution is 5.88. The van der Waals surface area contributed by atoms with Gasteiger partial charge in [-0.25, -0.2) is 0 Å². The molecule has 1 aliphatic heterocycles. The Balaban J connectivity index is 0.00000192. The molecule has 124 valence electrons. The molecule has 1 atom stereocenters. The monoisotopic (exact) mass is 334 g/mol. The fraction of sp³-hybridized carbons (Fsp3) is 0.389. The second-order valence-electron chi connectivity index (χ2n) is 5.96. The molecule has 2 aromatic carbocycles.